The topological polar surface area (TPSA) is 75.7 Å². The van der Waals surface area contributed by atoms with Gasteiger partial charge in [0.05, 0.1) is 12.9 Å². The average molecular weight is 326 g/mol. The van der Waals surface area contributed by atoms with Crippen molar-refractivity contribution in [2.45, 2.75) is 26.3 Å². The minimum Gasteiger partial charge on any atom is -0.494 e. The molecule has 6 nitrogen and oxygen atoms in total. The van der Waals surface area contributed by atoms with Crippen molar-refractivity contribution in [3.8, 4) is 5.75 Å². The maximum atomic E-state index is 12.5. The summed E-state index contributed by atoms with van der Waals surface area (Å²) in [6.45, 7) is 5.35. The van der Waals surface area contributed by atoms with E-state index < -0.39 is 10.0 Å². The first-order chi connectivity index (χ1) is 10.3. The van der Waals surface area contributed by atoms with Crippen LogP contribution in [0.2, 0.25) is 0 Å². The Morgan fingerprint density at radius 1 is 1.45 bits per heavy atom. The number of hydrogen-bond acceptors (Lipinski definition) is 4. The SMILES string of the molecule is CCOc1ccc(C(=O)N2CCC(NS(C)(=O)=O)C2)cc1C. The quantitative estimate of drug-likeness (QED) is 0.881. The van der Waals surface area contributed by atoms with Crippen LogP contribution in [0.3, 0.4) is 0 Å². The molecule has 1 aromatic carbocycles. The minimum atomic E-state index is -3.24. The number of sulfonamides is 1. The second-order valence-corrected chi connectivity index (χ2v) is 7.32. The smallest absolute Gasteiger partial charge is 0.253 e. The minimum absolute atomic E-state index is 0.0797. The summed E-state index contributed by atoms with van der Waals surface area (Å²) in [5, 5.41) is 0. The van der Waals surface area contributed by atoms with Gasteiger partial charge in [-0.05, 0) is 44.0 Å². The van der Waals surface area contributed by atoms with Gasteiger partial charge >= 0.3 is 0 Å². The van der Waals surface area contributed by atoms with Gasteiger partial charge in [-0.25, -0.2) is 13.1 Å². The Balaban J connectivity index is 2.05. The van der Waals surface area contributed by atoms with Crippen molar-refractivity contribution in [3.63, 3.8) is 0 Å². The number of carbonyl (C=O) groups excluding carboxylic acids is 1. The van der Waals surface area contributed by atoms with Gasteiger partial charge in [-0.1, -0.05) is 0 Å². The zero-order chi connectivity index (χ0) is 16.3. The highest BCUT2D eigenvalue weighted by Gasteiger charge is 2.28. The van der Waals surface area contributed by atoms with Crippen LogP contribution in [0, 0.1) is 6.92 Å². The maximum absolute atomic E-state index is 12.5. The lowest BCUT2D eigenvalue weighted by Crippen LogP contribution is -2.37. The fraction of sp³-hybridized carbons (Fsp3) is 0.533. The van der Waals surface area contributed by atoms with E-state index in [2.05, 4.69) is 4.72 Å². The largest absolute Gasteiger partial charge is 0.494 e. The van der Waals surface area contributed by atoms with Crippen LogP contribution in [0.4, 0.5) is 0 Å². The third kappa shape index (κ3) is 4.20. The maximum Gasteiger partial charge on any atom is 0.253 e. The van der Waals surface area contributed by atoms with E-state index >= 15 is 0 Å². The summed E-state index contributed by atoms with van der Waals surface area (Å²) >= 11 is 0. The Bertz CT molecular complexity index is 658. The van der Waals surface area contributed by atoms with Crippen LogP contribution in [0.25, 0.3) is 0 Å². The molecule has 0 saturated carbocycles. The fourth-order valence-corrected chi connectivity index (χ4v) is 3.42. The molecule has 1 aliphatic heterocycles. The van der Waals surface area contributed by atoms with Crippen LogP contribution in [-0.4, -0.2) is 51.2 Å². The van der Waals surface area contributed by atoms with Gasteiger partial charge in [0.1, 0.15) is 5.75 Å². The molecule has 0 aliphatic carbocycles. The van der Waals surface area contributed by atoms with E-state index in [4.69, 9.17) is 4.74 Å². The lowest BCUT2D eigenvalue weighted by atomic mass is 10.1. The van der Waals surface area contributed by atoms with Gasteiger partial charge in [0, 0.05) is 24.7 Å². The Morgan fingerprint density at radius 3 is 2.77 bits per heavy atom. The number of nitrogens with zero attached hydrogens (tertiary/aromatic N) is 1. The molecule has 1 N–H and O–H groups in total. The molecule has 1 amide bonds. The number of rotatable bonds is 5. The van der Waals surface area contributed by atoms with Crippen molar-refractivity contribution in [2.75, 3.05) is 26.0 Å². The monoisotopic (exact) mass is 326 g/mol. The molecule has 1 saturated heterocycles. The number of ether oxygens (including phenoxy) is 1. The van der Waals surface area contributed by atoms with Crippen molar-refractivity contribution in [3.05, 3.63) is 29.3 Å². The van der Waals surface area contributed by atoms with Crippen LogP contribution in [-0.2, 0) is 10.0 Å². The Morgan fingerprint density at radius 2 is 2.18 bits per heavy atom. The molecule has 1 fully saturated rings. The van der Waals surface area contributed by atoms with E-state index in [1.54, 1.807) is 17.0 Å². The third-order valence-electron chi connectivity index (χ3n) is 3.58. The molecule has 0 radical (unpaired) electrons. The van der Waals surface area contributed by atoms with Crippen molar-refractivity contribution in [1.29, 1.82) is 0 Å². The molecule has 1 unspecified atom stereocenters. The lowest BCUT2D eigenvalue weighted by molar-refractivity contribution is 0.0790. The summed E-state index contributed by atoms with van der Waals surface area (Å²) in [5.41, 5.74) is 1.51. The summed E-state index contributed by atoms with van der Waals surface area (Å²) < 4.78 is 30.5. The van der Waals surface area contributed by atoms with Gasteiger partial charge in [-0.2, -0.15) is 0 Å². The molecule has 1 heterocycles. The molecule has 22 heavy (non-hydrogen) atoms. The van der Waals surface area contributed by atoms with Gasteiger partial charge < -0.3 is 9.64 Å². The predicted molar refractivity (Wildman–Crippen MR) is 84.6 cm³/mol. The zero-order valence-electron chi connectivity index (χ0n) is 13.1. The molecule has 0 bridgehead atoms. The third-order valence-corrected chi connectivity index (χ3v) is 4.34. The van der Waals surface area contributed by atoms with Gasteiger partial charge in [0.2, 0.25) is 10.0 Å². The number of nitrogens with one attached hydrogen (secondary N) is 1. The highest BCUT2D eigenvalue weighted by molar-refractivity contribution is 7.88. The van der Waals surface area contributed by atoms with Crippen LogP contribution in [0.15, 0.2) is 18.2 Å². The lowest BCUT2D eigenvalue weighted by Gasteiger charge is -2.17. The van der Waals surface area contributed by atoms with Crippen LogP contribution < -0.4 is 9.46 Å². The number of carbonyl (C=O) groups is 1. The van der Waals surface area contributed by atoms with Crippen molar-refractivity contribution < 1.29 is 17.9 Å². The van der Waals surface area contributed by atoms with E-state index in [1.807, 2.05) is 19.9 Å². The number of benzene rings is 1. The molecular weight excluding hydrogens is 304 g/mol. The van der Waals surface area contributed by atoms with E-state index in [-0.39, 0.29) is 11.9 Å². The zero-order valence-corrected chi connectivity index (χ0v) is 13.9. The second kappa shape index (κ2) is 6.66. The average Bonchev–Trinajstić information content (AvgIpc) is 2.86. The number of aryl methyl sites for hydroxylation is 1. The van der Waals surface area contributed by atoms with Crippen LogP contribution in [0.1, 0.15) is 29.3 Å². The first-order valence-corrected chi connectivity index (χ1v) is 9.19. The number of hydrogen-bond donors (Lipinski definition) is 1. The molecule has 1 aliphatic rings. The van der Waals surface area contributed by atoms with Crippen LogP contribution in [0.5, 0.6) is 5.75 Å². The standard InChI is InChI=1S/C15H22N2O4S/c1-4-21-14-6-5-12(9-11(14)2)15(18)17-8-7-13(10-17)16-22(3,19)20/h5-6,9,13,16H,4,7-8,10H2,1-3H3. The molecule has 1 atom stereocenters. The number of likely N-dealkylation sites (tertiary alicyclic amines) is 1. The highest BCUT2D eigenvalue weighted by Crippen LogP contribution is 2.21. The Labute approximate surface area is 131 Å². The predicted octanol–water partition coefficient (Wildman–Crippen LogP) is 1.16. The summed E-state index contributed by atoms with van der Waals surface area (Å²) in [6, 6.07) is 5.15. The van der Waals surface area contributed by atoms with Crippen molar-refractivity contribution >= 4 is 15.9 Å². The van der Waals surface area contributed by atoms with E-state index in [9.17, 15) is 13.2 Å². The first-order valence-electron chi connectivity index (χ1n) is 7.30. The van der Waals surface area contributed by atoms with Crippen molar-refractivity contribution in [2.24, 2.45) is 0 Å². The first kappa shape index (κ1) is 16.8. The molecule has 2 rings (SSSR count). The molecule has 0 aromatic heterocycles. The summed E-state index contributed by atoms with van der Waals surface area (Å²) in [5.74, 6) is 0.695. The van der Waals surface area contributed by atoms with Gasteiger partial charge in [-0.3, -0.25) is 4.79 Å². The van der Waals surface area contributed by atoms with Gasteiger partial charge in [0.15, 0.2) is 0 Å². The summed E-state index contributed by atoms with van der Waals surface area (Å²) in [6.07, 6.45) is 1.77. The van der Waals surface area contributed by atoms with Gasteiger partial charge in [-0.15, -0.1) is 0 Å². The highest BCUT2D eigenvalue weighted by atomic mass is 32.2. The number of amides is 1. The molecule has 0 spiro atoms. The molecule has 1 aromatic rings. The second-order valence-electron chi connectivity index (χ2n) is 5.54. The normalized spacial score (nSPS) is 18.5. The van der Waals surface area contributed by atoms with E-state index in [1.165, 1.54) is 0 Å². The molecule has 122 valence electrons. The Kier molecular flexibility index (Phi) is 5.08. The Hall–Kier alpha value is -1.60. The van der Waals surface area contributed by atoms with Crippen LogP contribution >= 0.6 is 0 Å². The molecule has 7 heteroatoms. The van der Waals surface area contributed by atoms with Crippen molar-refractivity contribution in [1.82, 2.24) is 9.62 Å². The van der Waals surface area contributed by atoms with E-state index in [0.29, 0.717) is 31.7 Å². The fourth-order valence-electron chi connectivity index (χ4n) is 2.63. The summed E-state index contributed by atoms with van der Waals surface area (Å²) in [4.78, 5) is 14.2. The molecular formula is C15H22N2O4S. The van der Waals surface area contributed by atoms with Gasteiger partial charge in [0.25, 0.3) is 5.91 Å². The van der Waals surface area contributed by atoms with E-state index in [0.717, 1.165) is 17.6 Å². The summed E-state index contributed by atoms with van der Waals surface area (Å²) in [7, 11) is -3.24.